The molecule has 0 aliphatic carbocycles. The van der Waals surface area contributed by atoms with Crippen LogP contribution in [0, 0.1) is 22.7 Å². The lowest BCUT2D eigenvalue weighted by Crippen LogP contribution is -2.00. The number of aromatic amines is 1. The first-order chi connectivity index (χ1) is 17.7. The lowest BCUT2D eigenvalue weighted by atomic mass is 9.99. The molecule has 1 aromatic heterocycles. The second-order valence-corrected chi connectivity index (χ2v) is 9.49. The highest BCUT2D eigenvalue weighted by atomic mass is 16.5. The maximum Gasteiger partial charge on any atom is 0.130 e. The lowest BCUT2D eigenvalue weighted by Gasteiger charge is -2.12. The fourth-order valence-corrected chi connectivity index (χ4v) is 4.61. The number of benzene rings is 2. The minimum absolute atomic E-state index is 0.0875. The smallest absolute Gasteiger partial charge is 0.130 e. The Balaban J connectivity index is 1.92. The molecular weight excluding hydrogens is 442 g/mol. The molecular formula is C32H39N3O. The molecule has 1 heterocycles. The highest BCUT2D eigenvalue weighted by molar-refractivity contribution is 5.99. The van der Waals surface area contributed by atoms with Gasteiger partial charge in [0.1, 0.15) is 23.5 Å². The molecule has 0 radical (unpaired) electrons. The SMILES string of the molecule is CCCCCCCCCCc1cc2[nH]c(-c3ccccc3)c(C=C(C#N)C#N)c2cc1OCCCC. The van der Waals surface area contributed by atoms with E-state index in [1.807, 2.05) is 42.5 Å². The maximum atomic E-state index is 9.43. The fraction of sp³-hybridized carbons (Fsp3) is 0.438. The third-order valence-electron chi connectivity index (χ3n) is 6.67. The van der Waals surface area contributed by atoms with Crippen LogP contribution in [0.4, 0.5) is 0 Å². The van der Waals surface area contributed by atoms with Gasteiger partial charge in [0.25, 0.3) is 0 Å². The first kappa shape index (κ1) is 27.1. The van der Waals surface area contributed by atoms with Crippen molar-refractivity contribution in [2.24, 2.45) is 0 Å². The van der Waals surface area contributed by atoms with Gasteiger partial charge in [-0.15, -0.1) is 0 Å². The molecule has 0 spiro atoms. The number of rotatable bonds is 15. The van der Waals surface area contributed by atoms with Crippen molar-refractivity contribution in [2.75, 3.05) is 6.61 Å². The van der Waals surface area contributed by atoms with Crippen molar-refractivity contribution in [1.82, 2.24) is 4.98 Å². The minimum Gasteiger partial charge on any atom is -0.493 e. The van der Waals surface area contributed by atoms with E-state index >= 15 is 0 Å². The Hall–Kier alpha value is -3.50. The van der Waals surface area contributed by atoms with Gasteiger partial charge in [0.15, 0.2) is 0 Å². The number of nitrogens with zero attached hydrogens (tertiary/aromatic N) is 2. The lowest BCUT2D eigenvalue weighted by molar-refractivity contribution is 0.306. The van der Waals surface area contributed by atoms with Crippen LogP contribution < -0.4 is 4.74 Å². The van der Waals surface area contributed by atoms with Crippen LogP contribution in [0.25, 0.3) is 28.2 Å². The summed E-state index contributed by atoms with van der Waals surface area (Å²) < 4.78 is 6.27. The van der Waals surface area contributed by atoms with Crippen LogP contribution in [0.15, 0.2) is 48.0 Å². The van der Waals surface area contributed by atoms with Crippen molar-refractivity contribution in [3.05, 3.63) is 59.2 Å². The molecule has 0 amide bonds. The van der Waals surface area contributed by atoms with Crippen molar-refractivity contribution >= 4 is 17.0 Å². The summed E-state index contributed by atoms with van der Waals surface area (Å²) in [5.74, 6) is 0.919. The number of hydrogen-bond acceptors (Lipinski definition) is 3. The monoisotopic (exact) mass is 481 g/mol. The highest BCUT2D eigenvalue weighted by Crippen LogP contribution is 2.36. The molecule has 3 rings (SSSR count). The van der Waals surface area contributed by atoms with Crippen LogP contribution in [0.3, 0.4) is 0 Å². The third-order valence-corrected chi connectivity index (χ3v) is 6.67. The number of H-pyrrole nitrogens is 1. The van der Waals surface area contributed by atoms with E-state index < -0.39 is 0 Å². The van der Waals surface area contributed by atoms with E-state index in [1.54, 1.807) is 6.08 Å². The Morgan fingerprint density at radius 2 is 1.53 bits per heavy atom. The Bertz CT molecular complexity index is 1190. The van der Waals surface area contributed by atoms with Crippen molar-refractivity contribution in [1.29, 1.82) is 10.5 Å². The van der Waals surface area contributed by atoms with Gasteiger partial charge in [0, 0.05) is 16.5 Å². The molecule has 1 N–H and O–H groups in total. The normalized spacial score (nSPS) is 10.7. The average molecular weight is 482 g/mol. The zero-order valence-electron chi connectivity index (χ0n) is 21.9. The Morgan fingerprint density at radius 1 is 0.861 bits per heavy atom. The molecule has 2 aromatic carbocycles. The summed E-state index contributed by atoms with van der Waals surface area (Å²) in [5.41, 5.74) is 5.11. The second kappa shape index (κ2) is 14.8. The van der Waals surface area contributed by atoms with E-state index in [1.165, 1.54) is 50.5 Å². The maximum absolute atomic E-state index is 9.43. The largest absolute Gasteiger partial charge is 0.493 e. The molecule has 0 saturated heterocycles. The van der Waals surface area contributed by atoms with Crippen molar-refractivity contribution in [3.8, 4) is 29.1 Å². The number of hydrogen-bond donors (Lipinski definition) is 1. The van der Waals surface area contributed by atoms with Crippen LogP contribution in [0.5, 0.6) is 5.75 Å². The molecule has 3 aromatic rings. The molecule has 0 bridgehead atoms. The van der Waals surface area contributed by atoms with E-state index in [0.717, 1.165) is 59.2 Å². The average Bonchev–Trinajstić information content (AvgIpc) is 3.26. The van der Waals surface area contributed by atoms with Gasteiger partial charge in [-0.05, 0) is 48.6 Å². The summed E-state index contributed by atoms with van der Waals surface area (Å²) in [5, 5.41) is 19.8. The number of allylic oxidation sites excluding steroid dienone is 1. The van der Waals surface area contributed by atoms with E-state index in [2.05, 4.69) is 31.0 Å². The van der Waals surface area contributed by atoms with Gasteiger partial charge >= 0.3 is 0 Å². The number of nitriles is 2. The number of nitrogens with one attached hydrogen (secondary N) is 1. The van der Waals surface area contributed by atoms with Gasteiger partial charge in [-0.2, -0.15) is 10.5 Å². The molecule has 36 heavy (non-hydrogen) atoms. The fourth-order valence-electron chi connectivity index (χ4n) is 4.61. The Labute approximate surface area is 216 Å². The topological polar surface area (TPSA) is 72.6 Å². The summed E-state index contributed by atoms with van der Waals surface area (Å²) in [6.07, 6.45) is 15.1. The zero-order chi connectivity index (χ0) is 25.6. The van der Waals surface area contributed by atoms with Gasteiger partial charge in [-0.1, -0.05) is 95.5 Å². The summed E-state index contributed by atoms with van der Waals surface area (Å²) in [7, 11) is 0. The summed E-state index contributed by atoms with van der Waals surface area (Å²) in [6, 6.07) is 18.4. The van der Waals surface area contributed by atoms with E-state index in [-0.39, 0.29) is 5.57 Å². The van der Waals surface area contributed by atoms with Gasteiger partial charge in [-0.3, -0.25) is 0 Å². The van der Waals surface area contributed by atoms with E-state index in [4.69, 9.17) is 4.74 Å². The van der Waals surface area contributed by atoms with Crippen molar-refractivity contribution in [3.63, 3.8) is 0 Å². The molecule has 0 aliphatic rings. The molecule has 4 nitrogen and oxygen atoms in total. The number of aryl methyl sites for hydroxylation is 1. The number of ether oxygens (including phenoxy) is 1. The molecule has 0 unspecified atom stereocenters. The predicted octanol–water partition coefficient (Wildman–Crippen LogP) is 9.13. The van der Waals surface area contributed by atoms with Gasteiger partial charge in [-0.25, -0.2) is 0 Å². The minimum atomic E-state index is 0.0875. The molecule has 0 aliphatic heterocycles. The van der Waals surface area contributed by atoms with Gasteiger partial charge in [0.2, 0.25) is 0 Å². The van der Waals surface area contributed by atoms with Crippen LogP contribution in [0.1, 0.15) is 89.2 Å². The third kappa shape index (κ3) is 7.50. The number of aromatic nitrogens is 1. The quantitative estimate of drug-likeness (QED) is 0.174. The van der Waals surface area contributed by atoms with Gasteiger partial charge in [0.05, 0.1) is 12.3 Å². The first-order valence-corrected chi connectivity index (χ1v) is 13.6. The molecule has 4 heteroatoms. The number of unbranched alkanes of at least 4 members (excludes halogenated alkanes) is 8. The second-order valence-electron chi connectivity index (χ2n) is 9.49. The van der Waals surface area contributed by atoms with Crippen molar-refractivity contribution < 1.29 is 4.74 Å². The molecule has 188 valence electrons. The highest BCUT2D eigenvalue weighted by Gasteiger charge is 2.16. The summed E-state index contributed by atoms with van der Waals surface area (Å²) >= 11 is 0. The Kier molecular flexibility index (Phi) is 11.1. The predicted molar refractivity (Wildman–Crippen MR) is 150 cm³/mol. The molecule has 0 atom stereocenters. The van der Waals surface area contributed by atoms with Crippen molar-refractivity contribution in [2.45, 2.75) is 84.5 Å². The van der Waals surface area contributed by atoms with Crippen LogP contribution >= 0.6 is 0 Å². The standard InChI is InChI=1S/C32H39N3O/c1-3-5-7-8-9-10-11-13-18-27-21-30-28(22-31(27)36-19-6-4-2)29(20-25(23-33)24-34)32(35-30)26-16-14-12-15-17-26/h12,14-17,20-22,35H,3-11,13,18-19H2,1-2H3. The summed E-state index contributed by atoms with van der Waals surface area (Å²) in [6.45, 7) is 5.12. The summed E-state index contributed by atoms with van der Waals surface area (Å²) in [4.78, 5) is 3.58. The van der Waals surface area contributed by atoms with E-state index in [9.17, 15) is 10.5 Å². The van der Waals surface area contributed by atoms with Crippen LogP contribution in [-0.4, -0.2) is 11.6 Å². The molecule has 0 saturated carbocycles. The molecule has 0 fully saturated rings. The first-order valence-electron chi connectivity index (χ1n) is 13.6. The van der Waals surface area contributed by atoms with Gasteiger partial charge < -0.3 is 9.72 Å². The number of fused-ring (bicyclic) bond motifs is 1. The zero-order valence-corrected chi connectivity index (χ0v) is 21.9. The van der Waals surface area contributed by atoms with Crippen LogP contribution in [-0.2, 0) is 6.42 Å². The van der Waals surface area contributed by atoms with E-state index in [0.29, 0.717) is 6.61 Å². The van der Waals surface area contributed by atoms with Crippen LogP contribution in [0.2, 0.25) is 0 Å². The Morgan fingerprint density at radius 3 is 2.19 bits per heavy atom.